The highest BCUT2D eigenvalue weighted by molar-refractivity contribution is 8.14. The van der Waals surface area contributed by atoms with Crippen molar-refractivity contribution in [2.45, 2.75) is 52.3 Å². The van der Waals surface area contributed by atoms with E-state index in [1.54, 1.807) is 6.07 Å². The standard InChI is InChI=1S/C27H29F4N5O2S/c1-17(2)22-15-19(28)5-10-23(22)35-12-13-39-26(35)33-25(37)11-4-18(3)14-24-32-16-36(34-24)20-6-8-21(9-7-20)38-27(29,30)31/h5-10,15-18H,4,11-14H2,1-3H3. The van der Waals surface area contributed by atoms with Crippen LogP contribution >= 0.6 is 11.8 Å². The van der Waals surface area contributed by atoms with E-state index in [-0.39, 0.29) is 35.7 Å². The van der Waals surface area contributed by atoms with Gasteiger partial charge >= 0.3 is 6.36 Å². The Kier molecular flexibility index (Phi) is 8.94. The number of ether oxygens (including phenoxy) is 1. The first-order chi connectivity index (χ1) is 18.5. The molecule has 1 amide bonds. The van der Waals surface area contributed by atoms with Crippen molar-refractivity contribution >= 4 is 28.5 Å². The van der Waals surface area contributed by atoms with Crippen LogP contribution in [0.1, 0.15) is 50.9 Å². The Morgan fingerprint density at radius 2 is 1.90 bits per heavy atom. The molecule has 1 unspecified atom stereocenters. The van der Waals surface area contributed by atoms with Gasteiger partial charge in [-0.25, -0.2) is 14.1 Å². The molecule has 1 saturated heterocycles. The summed E-state index contributed by atoms with van der Waals surface area (Å²) in [5.74, 6) is 0.764. The number of halogens is 4. The number of nitrogens with zero attached hydrogens (tertiary/aromatic N) is 5. The summed E-state index contributed by atoms with van der Waals surface area (Å²) in [6.45, 7) is 6.71. The van der Waals surface area contributed by atoms with Crippen LogP contribution in [-0.2, 0) is 11.2 Å². The van der Waals surface area contributed by atoms with Gasteiger partial charge < -0.3 is 9.64 Å². The van der Waals surface area contributed by atoms with Crippen molar-refractivity contribution in [2.75, 3.05) is 17.2 Å². The minimum absolute atomic E-state index is 0.101. The fraction of sp³-hybridized carbons (Fsp3) is 0.407. The number of anilines is 1. The van der Waals surface area contributed by atoms with Crippen molar-refractivity contribution in [2.24, 2.45) is 10.9 Å². The molecule has 1 fully saturated rings. The second kappa shape index (κ2) is 12.2. The minimum atomic E-state index is -4.75. The van der Waals surface area contributed by atoms with Crippen LogP contribution in [0.15, 0.2) is 53.8 Å². The average Bonchev–Trinajstić information content (AvgIpc) is 3.52. The predicted molar refractivity (Wildman–Crippen MR) is 143 cm³/mol. The van der Waals surface area contributed by atoms with Crippen molar-refractivity contribution in [3.63, 3.8) is 0 Å². The van der Waals surface area contributed by atoms with Gasteiger partial charge in [-0.3, -0.25) is 4.79 Å². The summed E-state index contributed by atoms with van der Waals surface area (Å²) >= 11 is 1.51. The first-order valence-electron chi connectivity index (χ1n) is 12.6. The van der Waals surface area contributed by atoms with E-state index in [1.807, 2.05) is 25.7 Å². The molecule has 7 nitrogen and oxygen atoms in total. The molecular formula is C27H29F4N5O2S. The van der Waals surface area contributed by atoms with Crippen LogP contribution in [0.3, 0.4) is 0 Å². The molecule has 1 atom stereocenters. The SMILES string of the molecule is CC(CCC(=O)N=C1SCCN1c1ccc(F)cc1C(C)C)Cc1ncn(-c2ccc(OC(F)(F)F)cc2)n1. The van der Waals surface area contributed by atoms with E-state index >= 15 is 0 Å². The molecule has 3 aromatic rings. The fourth-order valence-corrected chi connectivity index (χ4v) is 5.18. The molecule has 2 aromatic carbocycles. The zero-order valence-corrected chi connectivity index (χ0v) is 22.6. The second-order valence-corrected chi connectivity index (χ2v) is 10.7. The van der Waals surface area contributed by atoms with Gasteiger partial charge in [0.25, 0.3) is 0 Å². The number of aromatic nitrogens is 3. The third kappa shape index (κ3) is 7.81. The Hall–Kier alpha value is -3.41. The zero-order chi connectivity index (χ0) is 28.2. The zero-order valence-electron chi connectivity index (χ0n) is 21.8. The van der Waals surface area contributed by atoms with Gasteiger partial charge in [0.15, 0.2) is 11.0 Å². The number of amides is 1. The summed E-state index contributed by atoms with van der Waals surface area (Å²) in [5.41, 5.74) is 2.30. The van der Waals surface area contributed by atoms with Crippen molar-refractivity contribution in [1.29, 1.82) is 0 Å². The highest BCUT2D eigenvalue weighted by Crippen LogP contribution is 2.33. The Morgan fingerprint density at radius 1 is 1.15 bits per heavy atom. The van der Waals surface area contributed by atoms with Gasteiger partial charge in [0.1, 0.15) is 17.9 Å². The van der Waals surface area contributed by atoms with Gasteiger partial charge in [-0.05, 0) is 66.3 Å². The van der Waals surface area contributed by atoms with Gasteiger partial charge in [-0.2, -0.15) is 10.1 Å². The van der Waals surface area contributed by atoms with E-state index in [0.29, 0.717) is 36.1 Å². The van der Waals surface area contributed by atoms with E-state index in [9.17, 15) is 22.4 Å². The summed E-state index contributed by atoms with van der Waals surface area (Å²) in [5, 5.41) is 5.03. The number of carbonyl (C=O) groups excluding carboxylic acids is 1. The Morgan fingerprint density at radius 3 is 2.59 bits per heavy atom. The lowest BCUT2D eigenvalue weighted by atomic mass is 10.0. The Bertz CT molecular complexity index is 1320. The maximum Gasteiger partial charge on any atom is 0.573 e. The monoisotopic (exact) mass is 563 g/mol. The van der Waals surface area contributed by atoms with E-state index in [1.165, 1.54) is 59.2 Å². The number of benzene rings is 2. The Labute approximate surface area is 228 Å². The first kappa shape index (κ1) is 28.6. The van der Waals surface area contributed by atoms with Crippen LogP contribution in [0, 0.1) is 11.7 Å². The summed E-state index contributed by atoms with van der Waals surface area (Å²) < 4.78 is 56.2. The van der Waals surface area contributed by atoms with E-state index in [0.717, 1.165) is 17.0 Å². The van der Waals surface area contributed by atoms with E-state index in [4.69, 9.17) is 0 Å². The Balaban J connectivity index is 1.32. The second-order valence-electron chi connectivity index (χ2n) is 9.64. The number of hydrogen-bond acceptors (Lipinski definition) is 5. The molecule has 1 aliphatic rings. The normalized spacial score (nSPS) is 15.8. The van der Waals surface area contributed by atoms with Gasteiger partial charge in [-0.1, -0.05) is 32.5 Å². The lowest BCUT2D eigenvalue weighted by Gasteiger charge is -2.23. The molecule has 2 heterocycles. The molecule has 12 heteroatoms. The number of hydrogen-bond donors (Lipinski definition) is 0. The van der Waals surface area contributed by atoms with Gasteiger partial charge in [0.05, 0.1) is 5.69 Å². The summed E-state index contributed by atoms with van der Waals surface area (Å²) in [7, 11) is 0. The highest BCUT2D eigenvalue weighted by atomic mass is 32.2. The molecular weight excluding hydrogens is 534 g/mol. The lowest BCUT2D eigenvalue weighted by molar-refractivity contribution is -0.274. The van der Waals surface area contributed by atoms with Crippen LogP contribution in [0.25, 0.3) is 5.69 Å². The molecule has 39 heavy (non-hydrogen) atoms. The molecule has 1 aromatic heterocycles. The van der Waals surface area contributed by atoms with Crippen molar-refractivity contribution in [1.82, 2.24) is 14.8 Å². The lowest BCUT2D eigenvalue weighted by Crippen LogP contribution is -2.26. The quantitative estimate of drug-likeness (QED) is 0.276. The molecule has 0 N–H and O–H groups in total. The molecule has 208 valence electrons. The number of carbonyl (C=O) groups is 1. The van der Waals surface area contributed by atoms with Gasteiger partial charge in [0.2, 0.25) is 5.91 Å². The smallest absolute Gasteiger partial charge is 0.406 e. The van der Waals surface area contributed by atoms with Crippen LogP contribution in [0.2, 0.25) is 0 Å². The fourth-order valence-electron chi connectivity index (χ4n) is 4.21. The number of rotatable bonds is 9. The molecule has 0 saturated carbocycles. The molecule has 1 aliphatic heterocycles. The van der Waals surface area contributed by atoms with Crippen molar-refractivity contribution < 1.29 is 27.1 Å². The summed E-state index contributed by atoms with van der Waals surface area (Å²) in [6.07, 6.45) is -1.88. The van der Waals surface area contributed by atoms with Crippen LogP contribution < -0.4 is 9.64 Å². The minimum Gasteiger partial charge on any atom is -0.406 e. The van der Waals surface area contributed by atoms with Gasteiger partial charge in [-0.15, -0.1) is 13.2 Å². The first-order valence-corrected chi connectivity index (χ1v) is 13.5. The molecule has 0 bridgehead atoms. The molecule has 0 aliphatic carbocycles. The number of amidine groups is 1. The third-order valence-corrected chi connectivity index (χ3v) is 7.11. The summed E-state index contributed by atoms with van der Waals surface area (Å²) in [6, 6.07) is 10.1. The molecule has 4 rings (SSSR count). The van der Waals surface area contributed by atoms with Crippen LogP contribution in [0.5, 0.6) is 5.75 Å². The van der Waals surface area contributed by atoms with Crippen LogP contribution in [0.4, 0.5) is 23.2 Å². The maximum absolute atomic E-state index is 13.8. The number of thioether (sulfide) groups is 1. The maximum atomic E-state index is 13.8. The van der Waals surface area contributed by atoms with E-state index < -0.39 is 6.36 Å². The molecule has 0 spiro atoms. The third-order valence-electron chi connectivity index (χ3n) is 6.16. The summed E-state index contributed by atoms with van der Waals surface area (Å²) in [4.78, 5) is 23.3. The number of alkyl halides is 3. The predicted octanol–water partition coefficient (Wildman–Crippen LogP) is 6.52. The topological polar surface area (TPSA) is 72.6 Å². The number of aliphatic imine (C=N–C) groups is 1. The van der Waals surface area contributed by atoms with Crippen LogP contribution in [-0.4, -0.2) is 44.5 Å². The van der Waals surface area contributed by atoms with Crippen molar-refractivity contribution in [3.05, 3.63) is 66.0 Å². The molecule has 0 radical (unpaired) electrons. The average molecular weight is 564 g/mol. The highest BCUT2D eigenvalue weighted by Gasteiger charge is 2.31. The largest absolute Gasteiger partial charge is 0.573 e. The van der Waals surface area contributed by atoms with Gasteiger partial charge in [0, 0.05) is 30.8 Å². The van der Waals surface area contributed by atoms with Crippen molar-refractivity contribution in [3.8, 4) is 11.4 Å². The van der Waals surface area contributed by atoms with E-state index in [2.05, 4.69) is 19.8 Å².